The maximum absolute atomic E-state index is 13.3. The molecule has 0 saturated carbocycles. The molecular weight excluding hydrogens is 489 g/mol. The maximum atomic E-state index is 13.3. The van der Waals surface area contributed by atoms with Crippen LogP contribution in [0.5, 0.6) is 11.5 Å². The first-order valence-electron chi connectivity index (χ1n) is 9.59. The lowest BCUT2D eigenvalue weighted by atomic mass is 10.2. The van der Waals surface area contributed by atoms with E-state index < -0.39 is 22.5 Å². The van der Waals surface area contributed by atoms with E-state index in [4.69, 9.17) is 32.7 Å². The number of amides is 1. The smallest absolute Gasteiger partial charge is 0.264 e. The molecule has 0 bridgehead atoms. The lowest BCUT2D eigenvalue weighted by Gasteiger charge is -2.24. The van der Waals surface area contributed by atoms with Crippen molar-refractivity contribution >= 4 is 51.0 Å². The van der Waals surface area contributed by atoms with Crippen molar-refractivity contribution in [2.45, 2.75) is 4.90 Å². The first-order chi connectivity index (χ1) is 15.8. The summed E-state index contributed by atoms with van der Waals surface area (Å²) in [4.78, 5) is 12.6. The molecule has 170 valence electrons. The van der Waals surface area contributed by atoms with E-state index in [1.54, 1.807) is 36.4 Å². The van der Waals surface area contributed by atoms with E-state index >= 15 is 0 Å². The summed E-state index contributed by atoms with van der Waals surface area (Å²) in [5.74, 6) is 0.526. The number of anilines is 1. The van der Waals surface area contributed by atoms with Crippen molar-refractivity contribution in [1.29, 1.82) is 0 Å². The quantitative estimate of drug-likeness (QED) is 0.385. The Kier molecular flexibility index (Phi) is 6.73. The molecule has 8 nitrogen and oxygen atoms in total. The van der Waals surface area contributed by atoms with Gasteiger partial charge < -0.3 is 9.47 Å². The molecule has 3 aromatic rings. The molecule has 1 aliphatic rings. The molecule has 0 aliphatic carbocycles. The van der Waals surface area contributed by atoms with Crippen molar-refractivity contribution in [3.05, 3.63) is 82.3 Å². The monoisotopic (exact) mass is 505 g/mol. The van der Waals surface area contributed by atoms with Gasteiger partial charge in [-0.15, -0.1) is 0 Å². The van der Waals surface area contributed by atoms with Crippen LogP contribution in [0.2, 0.25) is 10.0 Å². The van der Waals surface area contributed by atoms with Crippen molar-refractivity contribution in [3.8, 4) is 11.5 Å². The van der Waals surface area contributed by atoms with Gasteiger partial charge in [-0.25, -0.2) is 13.8 Å². The van der Waals surface area contributed by atoms with Crippen molar-refractivity contribution in [3.63, 3.8) is 0 Å². The van der Waals surface area contributed by atoms with E-state index in [1.165, 1.54) is 36.5 Å². The first kappa shape index (κ1) is 22.9. The largest absolute Gasteiger partial charge is 0.454 e. The van der Waals surface area contributed by atoms with Crippen molar-refractivity contribution < 1.29 is 22.7 Å². The molecular formula is C22H17Cl2N3O5S. The molecule has 0 unspecified atom stereocenters. The van der Waals surface area contributed by atoms with Crippen LogP contribution in [0, 0.1) is 0 Å². The maximum Gasteiger partial charge on any atom is 0.264 e. The second-order valence-electron chi connectivity index (χ2n) is 6.83. The Morgan fingerprint density at radius 1 is 1.03 bits per heavy atom. The van der Waals surface area contributed by atoms with Crippen LogP contribution in [0.25, 0.3) is 0 Å². The van der Waals surface area contributed by atoms with Gasteiger partial charge in [0.2, 0.25) is 6.79 Å². The van der Waals surface area contributed by atoms with Crippen LogP contribution in [0.4, 0.5) is 5.69 Å². The van der Waals surface area contributed by atoms with Crippen LogP contribution in [-0.2, 0) is 14.8 Å². The molecule has 11 heteroatoms. The lowest BCUT2D eigenvalue weighted by Crippen LogP contribution is -2.39. The minimum Gasteiger partial charge on any atom is -0.454 e. The summed E-state index contributed by atoms with van der Waals surface area (Å²) in [6.07, 6.45) is 1.41. The van der Waals surface area contributed by atoms with Crippen LogP contribution in [0.15, 0.2) is 76.7 Å². The number of hydrazone groups is 1. The normalized spacial score (nSPS) is 12.7. The third-order valence-corrected chi connectivity index (χ3v) is 6.91. The molecule has 0 radical (unpaired) electrons. The number of fused-ring (bicyclic) bond motifs is 1. The number of nitrogens with one attached hydrogen (secondary N) is 1. The molecule has 1 heterocycles. The molecule has 33 heavy (non-hydrogen) atoms. The number of sulfonamides is 1. The fraction of sp³-hybridized carbons (Fsp3) is 0.0909. The highest BCUT2D eigenvalue weighted by molar-refractivity contribution is 7.92. The van der Waals surface area contributed by atoms with Gasteiger partial charge in [0, 0.05) is 5.02 Å². The summed E-state index contributed by atoms with van der Waals surface area (Å²) in [6, 6.07) is 17.2. The summed E-state index contributed by atoms with van der Waals surface area (Å²) >= 11 is 12.2. The highest BCUT2D eigenvalue weighted by Crippen LogP contribution is 2.33. The standard InChI is InChI=1S/C22H17Cl2N3O5S/c23-16-7-8-19(18(24)11-16)27(33(29,30)17-4-2-1-3-5-17)13-22(28)26-25-12-15-6-9-20-21(10-15)32-14-31-20/h1-12H,13-14H2,(H,26,28)/b25-12-. The predicted octanol–water partition coefficient (Wildman–Crippen LogP) is 4.07. The van der Waals surface area contributed by atoms with Gasteiger partial charge in [0.05, 0.1) is 21.8 Å². The number of hydrogen-bond donors (Lipinski definition) is 1. The topological polar surface area (TPSA) is 97.3 Å². The molecule has 0 spiro atoms. The molecule has 0 atom stereocenters. The van der Waals surface area contributed by atoms with E-state index in [2.05, 4.69) is 10.5 Å². The molecule has 1 amide bonds. The molecule has 0 aromatic heterocycles. The van der Waals surface area contributed by atoms with Gasteiger partial charge in [0.25, 0.3) is 15.9 Å². The number of ether oxygens (including phenoxy) is 2. The second kappa shape index (κ2) is 9.70. The molecule has 1 N–H and O–H groups in total. The zero-order valence-electron chi connectivity index (χ0n) is 16.9. The highest BCUT2D eigenvalue weighted by atomic mass is 35.5. The van der Waals surface area contributed by atoms with Crippen LogP contribution in [0.1, 0.15) is 5.56 Å². The van der Waals surface area contributed by atoms with Crippen LogP contribution in [-0.4, -0.2) is 33.9 Å². The number of benzene rings is 3. The minimum absolute atomic E-state index is 0.00711. The highest BCUT2D eigenvalue weighted by Gasteiger charge is 2.28. The van der Waals surface area contributed by atoms with Gasteiger partial charge >= 0.3 is 0 Å². The van der Waals surface area contributed by atoms with Crippen molar-refractivity contribution in [2.75, 3.05) is 17.6 Å². The Hall–Kier alpha value is -3.27. The number of halogens is 2. The summed E-state index contributed by atoms with van der Waals surface area (Å²) in [7, 11) is -4.11. The average Bonchev–Trinajstić information content (AvgIpc) is 3.26. The second-order valence-corrected chi connectivity index (χ2v) is 9.53. The average molecular weight is 506 g/mol. The fourth-order valence-electron chi connectivity index (χ4n) is 3.04. The van der Waals surface area contributed by atoms with E-state index in [9.17, 15) is 13.2 Å². The third-order valence-electron chi connectivity index (χ3n) is 4.60. The summed E-state index contributed by atoms with van der Waals surface area (Å²) in [5.41, 5.74) is 3.11. The minimum atomic E-state index is -4.11. The first-order valence-corrected chi connectivity index (χ1v) is 11.8. The van der Waals surface area contributed by atoms with E-state index in [1.807, 2.05) is 0 Å². The van der Waals surface area contributed by atoms with Crippen molar-refractivity contribution in [2.24, 2.45) is 5.10 Å². The molecule has 0 fully saturated rings. The molecule has 3 aromatic carbocycles. The number of rotatable bonds is 7. The fourth-order valence-corrected chi connectivity index (χ4v) is 5.06. The van der Waals surface area contributed by atoms with E-state index in [0.717, 1.165) is 4.31 Å². The number of hydrogen-bond acceptors (Lipinski definition) is 6. The number of nitrogens with zero attached hydrogens (tertiary/aromatic N) is 2. The zero-order valence-corrected chi connectivity index (χ0v) is 19.3. The number of carbonyl (C=O) groups is 1. The Morgan fingerprint density at radius 3 is 2.55 bits per heavy atom. The van der Waals surface area contributed by atoms with Crippen molar-refractivity contribution in [1.82, 2.24) is 5.43 Å². The molecule has 4 rings (SSSR count). The summed E-state index contributed by atoms with van der Waals surface area (Å²) in [5, 5.41) is 4.32. The SMILES string of the molecule is O=C(CN(c1ccc(Cl)cc1Cl)S(=O)(=O)c1ccccc1)N/N=C\c1ccc2c(c1)OCO2. The zero-order chi connectivity index (χ0) is 23.4. The summed E-state index contributed by atoms with van der Waals surface area (Å²) in [6.45, 7) is -0.414. The van der Waals surface area contributed by atoms with Gasteiger partial charge in [-0.1, -0.05) is 41.4 Å². The van der Waals surface area contributed by atoms with Crippen LogP contribution >= 0.6 is 23.2 Å². The molecule has 0 saturated heterocycles. The van der Waals surface area contributed by atoms with E-state index in [-0.39, 0.29) is 22.4 Å². The molecule has 1 aliphatic heterocycles. The Labute approximate surface area is 200 Å². The van der Waals surface area contributed by atoms with Gasteiger partial charge in [0.15, 0.2) is 11.5 Å². The van der Waals surface area contributed by atoms with E-state index in [0.29, 0.717) is 22.1 Å². The Morgan fingerprint density at radius 2 is 1.79 bits per heavy atom. The Bertz CT molecular complexity index is 1320. The van der Waals surface area contributed by atoms with Gasteiger partial charge in [0.1, 0.15) is 6.54 Å². The van der Waals surface area contributed by atoms with Gasteiger partial charge in [-0.2, -0.15) is 5.10 Å². The van der Waals surface area contributed by atoms with Crippen LogP contribution < -0.4 is 19.2 Å². The Balaban J connectivity index is 1.55. The van der Waals surface area contributed by atoms with Gasteiger partial charge in [-0.3, -0.25) is 9.10 Å². The van der Waals surface area contributed by atoms with Gasteiger partial charge in [-0.05, 0) is 54.1 Å². The third kappa shape index (κ3) is 5.22. The van der Waals surface area contributed by atoms with Crippen LogP contribution in [0.3, 0.4) is 0 Å². The lowest BCUT2D eigenvalue weighted by molar-refractivity contribution is -0.119. The summed E-state index contributed by atoms with van der Waals surface area (Å²) < 4.78 is 38.1. The predicted molar refractivity (Wildman–Crippen MR) is 126 cm³/mol. The number of carbonyl (C=O) groups excluding carboxylic acids is 1.